The van der Waals surface area contributed by atoms with Crippen molar-refractivity contribution < 1.29 is 13.9 Å². The number of methoxy groups -OCH3 is 1. The van der Waals surface area contributed by atoms with Gasteiger partial charge in [-0.25, -0.2) is 4.39 Å². The van der Waals surface area contributed by atoms with Gasteiger partial charge in [0, 0.05) is 17.0 Å². The summed E-state index contributed by atoms with van der Waals surface area (Å²) in [6.45, 7) is 1.67. The first-order valence-electron chi connectivity index (χ1n) is 7.76. The number of hydrogen-bond acceptors (Lipinski definition) is 3. The van der Waals surface area contributed by atoms with Crippen molar-refractivity contribution in [1.29, 1.82) is 0 Å². The molecule has 0 fully saturated rings. The third-order valence-electron chi connectivity index (χ3n) is 4.07. The van der Waals surface area contributed by atoms with Crippen LogP contribution in [0.5, 0.6) is 5.75 Å². The molecule has 2 N–H and O–H groups in total. The van der Waals surface area contributed by atoms with E-state index in [2.05, 4.69) is 10.3 Å². The molecule has 0 aliphatic heterocycles. The Labute approximate surface area is 143 Å². The van der Waals surface area contributed by atoms with E-state index >= 15 is 0 Å². The Bertz CT molecular complexity index is 997. The predicted molar refractivity (Wildman–Crippen MR) is 93.4 cm³/mol. The first-order valence-corrected chi connectivity index (χ1v) is 7.76. The predicted octanol–water partition coefficient (Wildman–Crippen LogP) is 3.17. The van der Waals surface area contributed by atoms with Crippen molar-refractivity contribution in [3.63, 3.8) is 0 Å². The first-order chi connectivity index (χ1) is 12.0. The lowest BCUT2D eigenvalue weighted by Crippen LogP contribution is -2.28. The Morgan fingerprint density at radius 2 is 1.88 bits per heavy atom. The molecule has 0 saturated carbocycles. The fourth-order valence-corrected chi connectivity index (χ4v) is 2.86. The number of fused-ring (bicyclic) bond motifs is 1. The van der Waals surface area contributed by atoms with Crippen LogP contribution < -0.4 is 15.6 Å². The molecule has 25 heavy (non-hydrogen) atoms. The van der Waals surface area contributed by atoms with Crippen LogP contribution in [0.4, 0.5) is 4.39 Å². The number of nitrogens with one attached hydrogen (secondary N) is 2. The molecule has 5 nitrogen and oxygen atoms in total. The van der Waals surface area contributed by atoms with Crippen molar-refractivity contribution >= 4 is 16.7 Å². The topological polar surface area (TPSA) is 71.2 Å². The van der Waals surface area contributed by atoms with E-state index < -0.39 is 17.8 Å². The van der Waals surface area contributed by atoms with E-state index in [4.69, 9.17) is 4.74 Å². The largest absolute Gasteiger partial charge is 0.496 e. The summed E-state index contributed by atoms with van der Waals surface area (Å²) in [5, 5.41) is 3.72. The minimum Gasteiger partial charge on any atom is -0.496 e. The molecule has 3 rings (SSSR count). The zero-order chi connectivity index (χ0) is 18.0. The van der Waals surface area contributed by atoms with Gasteiger partial charge in [-0.2, -0.15) is 0 Å². The Morgan fingerprint density at radius 1 is 1.16 bits per heavy atom. The molecular formula is C19H17FN2O3. The van der Waals surface area contributed by atoms with Crippen LogP contribution in [0.15, 0.2) is 53.5 Å². The molecule has 128 valence electrons. The molecule has 6 heteroatoms. The number of halogens is 1. The fourth-order valence-electron chi connectivity index (χ4n) is 2.86. The van der Waals surface area contributed by atoms with Crippen LogP contribution in [0.3, 0.4) is 0 Å². The van der Waals surface area contributed by atoms with Crippen molar-refractivity contribution in [1.82, 2.24) is 10.3 Å². The quantitative estimate of drug-likeness (QED) is 0.766. The number of aromatic amines is 1. The highest BCUT2D eigenvalue weighted by Gasteiger charge is 2.20. The number of H-pyrrole nitrogens is 1. The molecule has 0 aliphatic rings. The summed E-state index contributed by atoms with van der Waals surface area (Å²) in [6.07, 6.45) is 1.37. The molecule has 0 radical (unpaired) electrons. The normalized spacial score (nSPS) is 12.0. The average molecular weight is 340 g/mol. The number of ether oxygens (including phenoxy) is 1. The average Bonchev–Trinajstić information content (AvgIpc) is 2.61. The van der Waals surface area contributed by atoms with Gasteiger partial charge >= 0.3 is 0 Å². The van der Waals surface area contributed by atoms with Gasteiger partial charge in [0.05, 0.1) is 24.3 Å². The highest BCUT2D eigenvalue weighted by Crippen LogP contribution is 2.28. The molecular weight excluding hydrogens is 323 g/mol. The smallest absolute Gasteiger partial charge is 0.255 e. The maximum absolute atomic E-state index is 14.2. The Hall–Kier alpha value is -3.15. The monoisotopic (exact) mass is 340 g/mol. The summed E-state index contributed by atoms with van der Waals surface area (Å²) in [5.41, 5.74) is 0.320. The summed E-state index contributed by atoms with van der Waals surface area (Å²) in [4.78, 5) is 27.1. The van der Waals surface area contributed by atoms with Gasteiger partial charge < -0.3 is 15.0 Å². The standard InChI is InChI=1S/C19H17FN2O3/c1-11(17-15(20)8-5-9-16(17)25-2)22-19(24)14-10-21-18(23)13-7-4-3-6-12(13)14/h3-11H,1-2H3,(H,21,23)(H,22,24)/t11-/m1/s1. The molecule has 0 saturated heterocycles. The van der Waals surface area contributed by atoms with Crippen molar-refractivity contribution in [3.05, 3.63) is 76.0 Å². The maximum atomic E-state index is 14.2. The Balaban J connectivity index is 1.96. The number of pyridine rings is 1. The number of aromatic nitrogens is 1. The van der Waals surface area contributed by atoms with Crippen LogP contribution in [0, 0.1) is 5.82 Å². The Morgan fingerprint density at radius 3 is 2.60 bits per heavy atom. The van der Waals surface area contributed by atoms with Crippen LogP contribution in [-0.4, -0.2) is 18.0 Å². The third kappa shape index (κ3) is 3.10. The van der Waals surface area contributed by atoms with E-state index in [0.717, 1.165) is 0 Å². The Kier molecular flexibility index (Phi) is 4.52. The molecule has 1 atom stereocenters. The maximum Gasteiger partial charge on any atom is 0.255 e. The van der Waals surface area contributed by atoms with Crippen LogP contribution in [-0.2, 0) is 0 Å². The van der Waals surface area contributed by atoms with Crippen molar-refractivity contribution in [2.75, 3.05) is 7.11 Å². The molecule has 0 aliphatic carbocycles. The van der Waals surface area contributed by atoms with E-state index in [9.17, 15) is 14.0 Å². The molecule has 0 bridgehead atoms. The van der Waals surface area contributed by atoms with Gasteiger partial charge in [-0.1, -0.05) is 24.3 Å². The number of rotatable bonds is 4. The number of hydrogen-bond donors (Lipinski definition) is 2. The van der Waals surface area contributed by atoms with Gasteiger partial charge in [0.25, 0.3) is 11.5 Å². The van der Waals surface area contributed by atoms with Crippen LogP contribution in [0.1, 0.15) is 28.9 Å². The molecule has 0 unspecified atom stereocenters. The highest BCUT2D eigenvalue weighted by atomic mass is 19.1. The summed E-state index contributed by atoms with van der Waals surface area (Å²) in [5.74, 6) is -0.511. The van der Waals surface area contributed by atoms with E-state index in [1.807, 2.05) is 0 Å². The summed E-state index contributed by atoms with van der Waals surface area (Å²) >= 11 is 0. The van der Waals surface area contributed by atoms with Crippen LogP contribution in [0.25, 0.3) is 10.8 Å². The second-order valence-corrected chi connectivity index (χ2v) is 5.63. The van der Waals surface area contributed by atoms with Crippen molar-refractivity contribution in [2.45, 2.75) is 13.0 Å². The van der Waals surface area contributed by atoms with Gasteiger partial charge in [0.2, 0.25) is 0 Å². The zero-order valence-corrected chi connectivity index (χ0v) is 13.8. The fraction of sp³-hybridized carbons (Fsp3) is 0.158. The van der Waals surface area contributed by atoms with E-state index in [0.29, 0.717) is 22.1 Å². The molecule has 3 aromatic rings. The lowest BCUT2D eigenvalue weighted by molar-refractivity contribution is 0.0940. The molecule has 2 aromatic carbocycles. The second-order valence-electron chi connectivity index (χ2n) is 5.63. The van der Waals surface area contributed by atoms with Crippen molar-refractivity contribution in [3.8, 4) is 5.75 Å². The zero-order valence-electron chi connectivity index (χ0n) is 13.8. The van der Waals surface area contributed by atoms with E-state index in [1.54, 1.807) is 43.3 Å². The second kappa shape index (κ2) is 6.76. The minimum absolute atomic E-state index is 0.268. The lowest BCUT2D eigenvalue weighted by Gasteiger charge is -2.18. The van der Waals surface area contributed by atoms with E-state index in [1.165, 1.54) is 19.4 Å². The van der Waals surface area contributed by atoms with Gasteiger partial charge in [0.1, 0.15) is 11.6 Å². The summed E-state index contributed by atoms with van der Waals surface area (Å²) in [6, 6.07) is 10.7. The molecule has 1 amide bonds. The van der Waals surface area contributed by atoms with Gasteiger partial charge in [-0.3, -0.25) is 9.59 Å². The molecule has 1 heterocycles. The third-order valence-corrected chi connectivity index (χ3v) is 4.07. The first kappa shape index (κ1) is 16.7. The number of benzene rings is 2. The number of carbonyl (C=O) groups is 1. The number of amides is 1. The van der Waals surface area contributed by atoms with Gasteiger partial charge in [-0.05, 0) is 25.1 Å². The van der Waals surface area contributed by atoms with Crippen LogP contribution >= 0.6 is 0 Å². The van der Waals surface area contributed by atoms with Gasteiger partial charge in [-0.15, -0.1) is 0 Å². The molecule has 0 spiro atoms. The highest BCUT2D eigenvalue weighted by molar-refractivity contribution is 6.06. The minimum atomic E-state index is -0.616. The van der Waals surface area contributed by atoms with E-state index in [-0.39, 0.29) is 11.1 Å². The summed E-state index contributed by atoms with van der Waals surface area (Å²) < 4.78 is 19.3. The lowest BCUT2D eigenvalue weighted by atomic mass is 10.0. The summed E-state index contributed by atoms with van der Waals surface area (Å²) in [7, 11) is 1.45. The SMILES string of the molecule is COc1cccc(F)c1[C@@H](C)NC(=O)c1c[nH]c(=O)c2ccccc12. The number of carbonyl (C=O) groups excluding carboxylic acids is 1. The van der Waals surface area contributed by atoms with Crippen molar-refractivity contribution in [2.24, 2.45) is 0 Å². The van der Waals surface area contributed by atoms with Gasteiger partial charge in [0.15, 0.2) is 0 Å². The van der Waals surface area contributed by atoms with Crippen LogP contribution in [0.2, 0.25) is 0 Å². The molecule has 1 aromatic heterocycles.